The minimum absolute atomic E-state index is 0.0162. The van der Waals surface area contributed by atoms with E-state index in [4.69, 9.17) is 0 Å². The van der Waals surface area contributed by atoms with E-state index in [1.807, 2.05) is 6.20 Å². The van der Waals surface area contributed by atoms with Crippen LogP contribution in [0, 0.1) is 5.92 Å². The van der Waals surface area contributed by atoms with Crippen molar-refractivity contribution in [3.63, 3.8) is 0 Å². The second-order valence-corrected chi connectivity index (χ2v) is 6.27. The average Bonchev–Trinajstić information content (AvgIpc) is 2.87. The molecule has 1 aromatic carbocycles. The second-order valence-electron chi connectivity index (χ2n) is 6.27. The fraction of sp³-hybridized carbons (Fsp3) is 0.412. The van der Waals surface area contributed by atoms with E-state index in [9.17, 15) is 18.0 Å². The molecule has 1 heterocycles. The molecule has 0 saturated carbocycles. The standard InChI is InChI=1S/C17H18F3N3O/c1-11-5-6-15-12(7-11)9-23(22-15)10-16(24)21-14-4-2-3-13(8-14)17(18,19)20/h2-4,8-9,11H,5-7,10H2,1H3,(H,21,24). The molecule has 3 rings (SSSR count). The molecule has 1 N–H and O–H groups in total. The first kappa shape index (κ1) is 16.5. The number of anilines is 1. The number of hydrogen-bond donors (Lipinski definition) is 1. The number of carbonyl (C=O) groups is 1. The first-order valence-electron chi connectivity index (χ1n) is 7.83. The molecule has 0 saturated heterocycles. The summed E-state index contributed by atoms with van der Waals surface area (Å²) < 4.78 is 39.6. The lowest BCUT2D eigenvalue weighted by Gasteiger charge is -2.15. The molecule has 128 valence electrons. The number of nitrogens with one attached hydrogen (secondary N) is 1. The quantitative estimate of drug-likeness (QED) is 0.929. The number of rotatable bonds is 3. The molecule has 1 unspecified atom stereocenters. The summed E-state index contributed by atoms with van der Waals surface area (Å²) >= 11 is 0. The van der Waals surface area contributed by atoms with Gasteiger partial charge in [-0.05, 0) is 48.9 Å². The van der Waals surface area contributed by atoms with Crippen molar-refractivity contribution < 1.29 is 18.0 Å². The topological polar surface area (TPSA) is 46.9 Å². The van der Waals surface area contributed by atoms with Gasteiger partial charge in [0.25, 0.3) is 0 Å². The minimum Gasteiger partial charge on any atom is -0.324 e. The molecule has 24 heavy (non-hydrogen) atoms. The second kappa shape index (κ2) is 6.30. The average molecular weight is 337 g/mol. The summed E-state index contributed by atoms with van der Waals surface area (Å²) in [6, 6.07) is 4.60. The highest BCUT2D eigenvalue weighted by Gasteiger charge is 2.30. The monoisotopic (exact) mass is 337 g/mol. The highest BCUT2D eigenvalue weighted by molar-refractivity contribution is 5.90. The third-order valence-electron chi connectivity index (χ3n) is 4.15. The van der Waals surface area contributed by atoms with Gasteiger partial charge < -0.3 is 5.32 Å². The van der Waals surface area contributed by atoms with Crippen LogP contribution in [0.1, 0.15) is 30.2 Å². The van der Waals surface area contributed by atoms with Crippen molar-refractivity contribution in [2.24, 2.45) is 5.92 Å². The molecule has 1 aliphatic carbocycles. The number of nitrogens with zero attached hydrogens (tertiary/aromatic N) is 2. The Morgan fingerprint density at radius 3 is 2.96 bits per heavy atom. The van der Waals surface area contributed by atoms with Gasteiger partial charge in [-0.2, -0.15) is 18.3 Å². The SMILES string of the molecule is CC1CCc2nn(CC(=O)Nc3cccc(C(F)(F)F)c3)cc2C1. The van der Waals surface area contributed by atoms with E-state index >= 15 is 0 Å². The van der Waals surface area contributed by atoms with Crippen LogP contribution in [0.3, 0.4) is 0 Å². The number of carbonyl (C=O) groups excluding carboxylic acids is 1. The Balaban J connectivity index is 1.66. The van der Waals surface area contributed by atoms with E-state index in [0.717, 1.165) is 42.7 Å². The molecule has 2 aromatic rings. The van der Waals surface area contributed by atoms with Crippen molar-refractivity contribution >= 4 is 11.6 Å². The molecule has 0 radical (unpaired) electrons. The van der Waals surface area contributed by atoms with Crippen molar-refractivity contribution in [2.45, 2.75) is 38.9 Å². The van der Waals surface area contributed by atoms with Crippen LogP contribution in [0.2, 0.25) is 0 Å². The number of halogens is 3. The first-order valence-corrected chi connectivity index (χ1v) is 7.83. The van der Waals surface area contributed by atoms with Gasteiger partial charge in [0.2, 0.25) is 5.91 Å². The highest BCUT2D eigenvalue weighted by atomic mass is 19.4. The van der Waals surface area contributed by atoms with Crippen LogP contribution in [-0.4, -0.2) is 15.7 Å². The molecule has 1 aromatic heterocycles. The summed E-state index contributed by atoms with van der Waals surface area (Å²) in [5, 5.41) is 6.89. The molecule has 1 atom stereocenters. The van der Waals surface area contributed by atoms with Gasteiger partial charge in [0.15, 0.2) is 0 Å². The maximum Gasteiger partial charge on any atom is 0.416 e. The van der Waals surface area contributed by atoms with Gasteiger partial charge in [-0.25, -0.2) is 0 Å². The number of benzene rings is 1. The Kier molecular flexibility index (Phi) is 4.34. The fourth-order valence-corrected chi connectivity index (χ4v) is 2.95. The molecule has 1 aliphatic rings. The molecular weight excluding hydrogens is 319 g/mol. The lowest BCUT2D eigenvalue weighted by Crippen LogP contribution is -2.19. The molecule has 0 spiro atoms. The zero-order valence-electron chi connectivity index (χ0n) is 13.2. The molecule has 4 nitrogen and oxygen atoms in total. The number of amides is 1. The Morgan fingerprint density at radius 1 is 1.42 bits per heavy atom. The molecule has 7 heteroatoms. The third kappa shape index (κ3) is 3.77. The molecule has 0 aliphatic heterocycles. The summed E-state index contributed by atoms with van der Waals surface area (Å²) in [5.74, 6) is 0.205. The largest absolute Gasteiger partial charge is 0.416 e. The van der Waals surface area contributed by atoms with Gasteiger partial charge in [0, 0.05) is 11.9 Å². The van der Waals surface area contributed by atoms with Gasteiger partial charge in [-0.3, -0.25) is 9.48 Å². The zero-order chi connectivity index (χ0) is 17.3. The van der Waals surface area contributed by atoms with Crippen LogP contribution in [0.4, 0.5) is 18.9 Å². The summed E-state index contributed by atoms with van der Waals surface area (Å²) in [7, 11) is 0. The van der Waals surface area contributed by atoms with E-state index in [1.165, 1.54) is 12.1 Å². The van der Waals surface area contributed by atoms with Crippen LogP contribution < -0.4 is 5.32 Å². The molecule has 0 bridgehead atoms. The van der Waals surface area contributed by atoms with Crippen LogP contribution >= 0.6 is 0 Å². The predicted octanol–water partition coefficient (Wildman–Crippen LogP) is 3.67. The molecule has 0 fully saturated rings. The predicted molar refractivity (Wildman–Crippen MR) is 83.5 cm³/mol. The third-order valence-corrected chi connectivity index (χ3v) is 4.15. The lowest BCUT2D eigenvalue weighted by atomic mass is 9.89. The highest BCUT2D eigenvalue weighted by Crippen LogP contribution is 2.30. The maximum absolute atomic E-state index is 12.7. The smallest absolute Gasteiger partial charge is 0.324 e. The van der Waals surface area contributed by atoms with Crippen molar-refractivity contribution in [1.29, 1.82) is 0 Å². The Hall–Kier alpha value is -2.31. The number of fused-ring (bicyclic) bond motifs is 1. The van der Waals surface area contributed by atoms with Gasteiger partial charge in [-0.1, -0.05) is 13.0 Å². The van der Waals surface area contributed by atoms with Crippen molar-refractivity contribution in [2.75, 3.05) is 5.32 Å². The maximum atomic E-state index is 12.7. The summed E-state index contributed by atoms with van der Waals surface area (Å²) in [6.07, 6.45) is 0.360. The van der Waals surface area contributed by atoms with Crippen LogP contribution in [0.15, 0.2) is 30.5 Å². The van der Waals surface area contributed by atoms with Gasteiger partial charge in [0.1, 0.15) is 6.54 Å². The van der Waals surface area contributed by atoms with Gasteiger partial charge in [-0.15, -0.1) is 0 Å². The van der Waals surface area contributed by atoms with Crippen LogP contribution in [0.25, 0.3) is 0 Å². The lowest BCUT2D eigenvalue weighted by molar-refractivity contribution is -0.137. The van der Waals surface area contributed by atoms with E-state index in [0.29, 0.717) is 5.92 Å². The normalized spacial score (nSPS) is 17.4. The van der Waals surface area contributed by atoms with Crippen LogP contribution in [0.5, 0.6) is 0 Å². The number of aromatic nitrogens is 2. The molecular formula is C17H18F3N3O. The Labute approximate surface area is 137 Å². The Morgan fingerprint density at radius 2 is 2.21 bits per heavy atom. The van der Waals surface area contributed by atoms with Crippen LogP contribution in [-0.2, 0) is 30.4 Å². The van der Waals surface area contributed by atoms with E-state index < -0.39 is 17.6 Å². The van der Waals surface area contributed by atoms with E-state index in [1.54, 1.807) is 4.68 Å². The van der Waals surface area contributed by atoms with Crippen molar-refractivity contribution in [3.8, 4) is 0 Å². The fourth-order valence-electron chi connectivity index (χ4n) is 2.95. The summed E-state index contributed by atoms with van der Waals surface area (Å²) in [6.45, 7) is 2.16. The number of alkyl halides is 3. The first-order chi connectivity index (χ1) is 11.3. The van der Waals surface area contributed by atoms with E-state index in [2.05, 4.69) is 17.3 Å². The number of aryl methyl sites for hydroxylation is 1. The zero-order valence-corrected chi connectivity index (χ0v) is 13.2. The minimum atomic E-state index is -4.43. The van der Waals surface area contributed by atoms with Gasteiger partial charge >= 0.3 is 6.18 Å². The Bertz CT molecular complexity index is 752. The molecule has 1 amide bonds. The van der Waals surface area contributed by atoms with E-state index in [-0.39, 0.29) is 12.2 Å². The number of hydrogen-bond acceptors (Lipinski definition) is 2. The van der Waals surface area contributed by atoms with Crippen molar-refractivity contribution in [3.05, 3.63) is 47.3 Å². The summed E-state index contributed by atoms with van der Waals surface area (Å²) in [5.41, 5.74) is 1.50. The van der Waals surface area contributed by atoms with Gasteiger partial charge in [0.05, 0.1) is 11.3 Å². The summed E-state index contributed by atoms with van der Waals surface area (Å²) in [4.78, 5) is 12.1. The van der Waals surface area contributed by atoms with Crippen molar-refractivity contribution in [1.82, 2.24) is 9.78 Å².